The Hall–Kier alpha value is -0.790. The molecule has 140 valence electrons. The largest absolute Gasteiger partial charge is 0.396 e. The number of nitrogens with one attached hydrogen (secondary N) is 1. The van der Waals surface area contributed by atoms with E-state index in [1.54, 1.807) is 0 Å². The Morgan fingerprint density at radius 3 is 2.12 bits per heavy atom. The molecule has 0 spiro atoms. The first-order valence-corrected chi connectivity index (χ1v) is 9.10. The van der Waals surface area contributed by atoms with E-state index in [0.717, 1.165) is 32.1 Å². The van der Waals surface area contributed by atoms with Crippen molar-refractivity contribution in [3.8, 4) is 0 Å². The molecule has 1 heterocycles. The molecule has 6 nitrogen and oxygen atoms in total. The second-order valence-electron chi connectivity index (χ2n) is 6.56. The minimum Gasteiger partial charge on any atom is -0.396 e. The summed E-state index contributed by atoms with van der Waals surface area (Å²) >= 11 is 0. The molecule has 6 heteroatoms. The van der Waals surface area contributed by atoms with Crippen LogP contribution in [0.2, 0.25) is 0 Å². The fraction of sp³-hybridized carbons (Fsp3) is 0.833. The van der Waals surface area contributed by atoms with Crippen LogP contribution in [0.25, 0.3) is 0 Å². The standard InChI is InChI=1S/C18H33NO5/c20-12-8-7-10-14(22)9-5-3-1-2-4-6-11-15-17(23)18(24)16(13-21)19-15/h2,4,15-21,23-24H,1,3,5-13H2/b4-2+/t15-,16-,17-,18-/m1/s1. The third kappa shape index (κ3) is 7.85. The van der Waals surface area contributed by atoms with Crippen molar-refractivity contribution in [3.05, 3.63) is 12.2 Å². The second-order valence-corrected chi connectivity index (χ2v) is 6.56. The molecular weight excluding hydrogens is 310 g/mol. The predicted molar refractivity (Wildman–Crippen MR) is 92.6 cm³/mol. The fourth-order valence-corrected chi connectivity index (χ4v) is 3.02. The lowest BCUT2D eigenvalue weighted by Crippen LogP contribution is -2.36. The zero-order valence-corrected chi connectivity index (χ0v) is 14.4. The lowest BCUT2D eigenvalue weighted by molar-refractivity contribution is -0.119. The zero-order valence-electron chi connectivity index (χ0n) is 14.4. The van der Waals surface area contributed by atoms with Crippen LogP contribution < -0.4 is 5.32 Å². The minimum atomic E-state index is -0.904. The Kier molecular flexibility index (Phi) is 11.1. The molecular formula is C18H33NO5. The van der Waals surface area contributed by atoms with Gasteiger partial charge in [-0.1, -0.05) is 12.2 Å². The molecule has 4 atom stereocenters. The molecule has 1 saturated heterocycles. The summed E-state index contributed by atoms with van der Waals surface area (Å²) in [4.78, 5) is 11.5. The van der Waals surface area contributed by atoms with E-state index >= 15 is 0 Å². The third-order valence-corrected chi connectivity index (χ3v) is 4.55. The number of unbranched alkanes of at least 4 members (excludes halogenated alkanes) is 3. The SMILES string of the molecule is O=C(CCCCO)CCCC/C=C/CC[C@H]1N[C@H](CO)[C@@H](O)[C@@H]1O. The average Bonchev–Trinajstić information content (AvgIpc) is 2.85. The van der Waals surface area contributed by atoms with Gasteiger partial charge in [-0.05, 0) is 44.9 Å². The summed E-state index contributed by atoms with van der Waals surface area (Å²) in [5, 5.41) is 40.4. The van der Waals surface area contributed by atoms with Gasteiger partial charge in [-0.15, -0.1) is 0 Å². The van der Waals surface area contributed by atoms with Gasteiger partial charge in [0.15, 0.2) is 0 Å². The van der Waals surface area contributed by atoms with Crippen LogP contribution in [0.15, 0.2) is 12.2 Å². The second kappa shape index (κ2) is 12.6. The quantitative estimate of drug-likeness (QED) is 0.248. The van der Waals surface area contributed by atoms with E-state index in [2.05, 4.69) is 17.5 Å². The van der Waals surface area contributed by atoms with E-state index in [-0.39, 0.29) is 25.0 Å². The number of Topliss-reactive ketones (excluding diaryl/α,β-unsaturated/α-hetero) is 1. The molecule has 1 rings (SSSR count). The normalized spacial score (nSPS) is 27.2. The molecule has 1 aliphatic rings. The van der Waals surface area contributed by atoms with Gasteiger partial charge in [0.1, 0.15) is 5.78 Å². The lowest BCUT2D eigenvalue weighted by Gasteiger charge is -2.14. The van der Waals surface area contributed by atoms with E-state index in [4.69, 9.17) is 10.2 Å². The molecule has 0 unspecified atom stereocenters. The Balaban J connectivity index is 2.01. The number of allylic oxidation sites excluding steroid dienone is 2. The van der Waals surface area contributed by atoms with Crippen LogP contribution in [0.3, 0.4) is 0 Å². The molecule has 0 aliphatic carbocycles. The Morgan fingerprint density at radius 1 is 0.875 bits per heavy atom. The molecule has 5 N–H and O–H groups in total. The van der Waals surface area contributed by atoms with Gasteiger partial charge >= 0.3 is 0 Å². The molecule has 0 radical (unpaired) electrons. The van der Waals surface area contributed by atoms with Gasteiger partial charge in [-0.25, -0.2) is 0 Å². The predicted octanol–water partition coefficient (Wildman–Crippen LogP) is 0.669. The fourth-order valence-electron chi connectivity index (χ4n) is 3.02. The van der Waals surface area contributed by atoms with Gasteiger partial charge in [0, 0.05) is 25.5 Å². The van der Waals surface area contributed by atoms with Gasteiger partial charge in [-0.3, -0.25) is 4.79 Å². The summed E-state index contributed by atoms with van der Waals surface area (Å²) < 4.78 is 0. The highest BCUT2D eigenvalue weighted by Gasteiger charge is 2.39. The van der Waals surface area contributed by atoms with Crippen molar-refractivity contribution in [1.82, 2.24) is 5.32 Å². The van der Waals surface area contributed by atoms with Crippen LogP contribution >= 0.6 is 0 Å². The highest BCUT2D eigenvalue weighted by Crippen LogP contribution is 2.18. The minimum absolute atomic E-state index is 0.158. The smallest absolute Gasteiger partial charge is 0.132 e. The number of carbonyl (C=O) groups excluding carboxylic acids is 1. The summed E-state index contributed by atoms with van der Waals surface area (Å²) in [6, 6.07) is -0.623. The Morgan fingerprint density at radius 2 is 1.50 bits per heavy atom. The molecule has 0 amide bonds. The summed E-state index contributed by atoms with van der Waals surface area (Å²) in [6.45, 7) is -0.0195. The third-order valence-electron chi connectivity index (χ3n) is 4.55. The van der Waals surface area contributed by atoms with Crippen molar-refractivity contribution in [2.45, 2.75) is 82.1 Å². The molecule has 0 aromatic carbocycles. The highest BCUT2D eigenvalue weighted by molar-refractivity contribution is 5.78. The molecule has 1 aliphatic heterocycles. The van der Waals surface area contributed by atoms with Gasteiger partial charge in [0.25, 0.3) is 0 Å². The van der Waals surface area contributed by atoms with Crippen LogP contribution in [-0.4, -0.2) is 63.7 Å². The zero-order chi connectivity index (χ0) is 17.8. The van der Waals surface area contributed by atoms with Crippen LogP contribution in [0.4, 0.5) is 0 Å². The van der Waals surface area contributed by atoms with Crippen molar-refractivity contribution in [3.63, 3.8) is 0 Å². The van der Waals surface area contributed by atoms with Gasteiger partial charge < -0.3 is 25.7 Å². The maximum atomic E-state index is 11.5. The highest BCUT2D eigenvalue weighted by atomic mass is 16.3. The van der Waals surface area contributed by atoms with Crippen molar-refractivity contribution in [2.75, 3.05) is 13.2 Å². The number of aliphatic hydroxyl groups is 4. The van der Waals surface area contributed by atoms with E-state index in [0.29, 0.717) is 25.7 Å². The van der Waals surface area contributed by atoms with Gasteiger partial charge in [-0.2, -0.15) is 0 Å². The monoisotopic (exact) mass is 343 g/mol. The maximum absolute atomic E-state index is 11.5. The molecule has 0 aromatic rings. The molecule has 0 saturated carbocycles. The lowest BCUT2D eigenvalue weighted by atomic mass is 10.0. The Bertz CT molecular complexity index is 374. The van der Waals surface area contributed by atoms with Gasteiger partial charge in [0.2, 0.25) is 0 Å². The summed E-state index contributed by atoms with van der Waals surface area (Å²) in [7, 11) is 0. The number of carbonyl (C=O) groups is 1. The van der Waals surface area contributed by atoms with Crippen LogP contribution in [0, 0.1) is 0 Å². The van der Waals surface area contributed by atoms with Crippen molar-refractivity contribution >= 4 is 5.78 Å². The molecule has 1 fully saturated rings. The van der Waals surface area contributed by atoms with Crippen molar-refractivity contribution in [1.29, 1.82) is 0 Å². The molecule has 0 aromatic heterocycles. The number of hydrogen-bond donors (Lipinski definition) is 5. The first kappa shape index (κ1) is 21.3. The number of aliphatic hydroxyl groups excluding tert-OH is 4. The van der Waals surface area contributed by atoms with Crippen LogP contribution in [-0.2, 0) is 4.79 Å². The van der Waals surface area contributed by atoms with Crippen molar-refractivity contribution < 1.29 is 25.2 Å². The van der Waals surface area contributed by atoms with E-state index in [9.17, 15) is 15.0 Å². The van der Waals surface area contributed by atoms with E-state index in [1.165, 1.54) is 0 Å². The van der Waals surface area contributed by atoms with Gasteiger partial charge in [0.05, 0.1) is 24.9 Å². The first-order chi connectivity index (χ1) is 11.6. The topological polar surface area (TPSA) is 110 Å². The molecule has 0 bridgehead atoms. The number of rotatable bonds is 13. The maximum Gasteiger partial charge on any atom is 0.132 e. The molecule has 24 heavy (non-hydrogen) atoms. The number of ketones is 1. The van der Waals surface area contributed by atoms with Crippen molar-refractivity contribution in [2.24, 2.45) is 0 Å². The van der Waals surface area contributed by atoms with Crippen LogP contribution in [0.5, 0.6) is 0 Å². The summed E-state index contributed by atoms with van der Waals surface area (Å²) in [5.74, 6) is 0.283. The average molecular weight is 343 g/mol. The van der Waals surface area contributed by atoms with Crippen LogP contribution in [0.1, 0.15) is 57.8 Å². The Labute approximate surface area is 144 Å². The summed E-state index contributed by atoms with van der Waals surface area (Å²) in [6.07, 6.45) is 9.45. The first-order valence-electron chi connectivity index (χ1n) is 9.10. The van der Waals surface area contributed by atoms with E-state index < -0.39 is 18.2 Å². The summed E-state index contributed by atoms with van der Waals surface area (Å²) in [5.41, 5.74) is 0. The van der Waals surface area contributed by atoms with E-state index in [1.807, 2.05) is 0 Å². The number of hydrogen-bond acceptors (Lipinski definition) is 6.